The zero-order chi connectivity index (χ0) is 18.8. The lowest BCUT2D eigenvalue weighted by Crippen LogP contribution is -2.29. The summed E-state index contributed by atoms with van der Waals surface area (Å²) in [5.74, 6) is 1.26. The number of carbonyl (C=O) groups is 2. The van der Waals surface area contributed by atoms with Crippen molar-refractivity contribution < 1.29 is 14.3 Å². The van der Waals surface area contributed by atoms with E-state index in [-0.39, 0.29) is 13.2 Å². The summed E-state index contributed by atoms with van der Waals surface area (Å²) in [6.07, 6.45) is 5.83. The Morgan fingerprint density at radius 1 is 1.12 bits per heavy atom. The third-order valence-electron chi connectivity index (χ3n) is 3.51. The molecule has 0 aliphatic heterocycles. The fraction of sp³-hybridized carbons (Fsp3) is 0.200. The molecular weight excluding hydrogens is 352 g/mol. The van der Waals surface area contributed by atoms with E-state index in [4.69, 9.17) is 22.8 Å². The molecule has 0 aromatic heterocycles. The first-order chi connectivity index (χ1) is 12.6. The number of benzene rings is 2. The summed E-state index contributed by atoms with van der Waals surface area (Å²) in [6.45, 7) is 0.355. The van der Waals surface area contributed by atoms with Crippen LogP contribution in [0.1, 0.15) is 15.9 Å². The third-order valence-corrected chi connectivity index (χ3v) is 3.76. The van der Waals surface area contributed by atoms with Gasteiger partial charge in [-0.15, -0.1) is 6.42 Å². The van der Waals surface area contributed by atoms with Gasteiger partial charge in [-0.2, -0.15) is 0 Å². The maximum absolute atomic E-state index is 12.2. The Morgan fingerprint density at radius 3 is 2.58 bits per heavy atom. The van der Waals surface area contributed by atoms with Crippen LogP contribution in [0.4, 0.5) is 5.69 Å². The maximum atomic E-state index is 12.2. The number of hydrogen-bond acceptors (Lipinski definition) is 4. The first-order valence-corrected chi connectivity index (χ1v) is 8.42. The second-order valence-corrected chi connectivity index (χ2v) is 5.84. The zero-order valence-electron chi connectivity index (χ0n) is 14.1. The van der Waals surface area contributed by atoms with Crippen molar-refractivity contribution in [1.29, 1.82) is 0 Å². The highest BCUT2D eigenvalue weighted by molar-refractivity contribution is 6.30. The molecule has 0 atom stereocenters. The number of ether oxygens (including phenoxy) is 1. The number of hydrogen-bond donors (Lipinski definition) is 2. The lowest BCUT2D eigenvalue weighted by atomic mass is 10.1. The Hall–Kier alpha value is -2.97. The largest absolute Gasteiger partial charge is 0.452 e. The monoisotopic (exact) mass is 370 g/mol. The highest BCUT2D eigenvalue weighted by Gasteiger charge is 2.13. The molecule has 2 aromatic carbocycles. The summed E-state index contributed by atoms with van der Waals surface area (Å²) in [7, 11) is 0. The minimum atomic E-state index is -0.574. The topological polar surface area (TPSA) is 67.4 Å². The standard InChI is InChI=1S/C20H19ClN2O3/c1-2-12-23-19(24)14-26-20(25)17-5-3-4-6-18(17)22-13-11-15-7-9-16(21)10-8-15/h1,3-10,22H,11-14H2,(H,23,24). The van der Waals surface area contributed by atoms with Gasteiger partial charge in [0.05, 0.1) is 12.1 Å². The predicted molar refractivity (Wildman–Crippen MR) is 102 cm³/mol. The first-order valence-electron chi connectivity index (χ1n) is 8.05. The summed E-state index contributed by atoms with van der Waals surface area (Å²) in [6, 6.07) is 14.6. The second kappa shape index (κ2) is 10.1. The van der Waals surface area contributed by atoms with Crippen LogP contribution in [0.2, 0.25) is 5.02 Å². The Balaban J connectivity index is 1.90. The molecule has 0 spiro atoms. The van der Waals surface area contributed by atoms with Gasteiger partial charge < -0.3 is 15.4 Å². The molecule has 0 aliphatic rings. The molecule has 0 unspecified atom stereocenters. The molecule has 0 saturated carbocycles. The number of para-hydroxylation sites is 1. The minimum absolute atomic E-state index is 0.0965. The van der Waals surface area contributed by atoms with E-state index < -0.39 is 11.9 Å². The van der Waals surface area contributed by atoms with Gasteiger partial charge >= 0.3 is 5.97 Å². The summed E-state index contributed by atoms with van der Waals surface area (Å²) in [5.41, 5.74) is 2.15. The van der Waals surface area contributed by atoms with E-state index in [1.165, 1.54) is 0 Å². The van der Waals surface area contributed by atoms with Crippen LogP contribution in [-0.4, -0.2) is 31.6 Å². The summed E-state index contributed by atoms with van der Waals surface area (Å²) in [4.78, 5) is 23.7. The van der Waals surface area contributed by atoms with Gasteiger partial charge in [0.1, 0.15) is 0 Å². The number of anilines is 1. The van der Waals surface area contributed by atoms with Gasteiger partial charge in [0.2, 0.25) is 0 Å². The predicted octanol–water partition coefficient (Wildman–Crippen LogP) is 2.90. The molecule has 0 aliphatic carbocycles. The van der Waals surface area contributed by atoms with Crippen molar-refractivity contribution in [1.82, 2.24) is 5.32 Å². The van der Waals surface area contributed by atoms with Crippen molar-refractivity contribution in [3.8, 4) is 12.3 Å². The molecule has 0 radical (unpaired) electrons. The molecule has 0 saturated heterocycles. The van der Waals surface area contributed by atoms with Crippen molar-refractivity contribution in [3.63, 3.8) is 0 Å². The average molecular weight is 371 g/mol. The Bertz CT molecular complexity index is 797. The summed E-state index contributed by atoms with van der Waals surface area (Å²) in [5, 5.41) is 6.35. The van der Waals surface area contributed by atoms with E-state index in [1.807, 2.05) is 30.3 Å². The molecule has 5 nitrogen and oxygen atoms in total. The van der Waals surface area contributed by atoms with Crippen LogP contribution in [0.15, 0.2) is 48.5 Å². The second-order valence-electron chi connectivity index (χ2n) is 5.41. The molecule has 0 fully saturated rings. The van der Waals surface area contributed by atoms with Crippen molar-refractivity contribution in [3.05, 3.63) is 64.7 Å². The van der Waals surface area contributed by atoms with Gasteiger partial charge in [0, 0.05) is 17.3 Å². The number of terminal acetylenes is 1. The fourth-order valence-corrected chi connectivity index (χ4v) is 2.34. The minimum Gasteiger partial charge on any atom is -0.452 e. The SMILES string of the molecule is C#CCNC(=O)COC(=O)c1ccccc1NCCc1ccc(Cl)cc1. The normalized spacial score (nSPS) is 9.85. The number of nitrogens with one attached hydrogen (secondary N) is 2. The van der Waals surface area contributed by atoms with Crippen LogP contribution in [0.3, 0.4) is 0 Å². The summed E-state index contributed by atoms with van der Waals surface area (Å²) >= 11 is 5.87. The van der Waals surface area contributed by atoms with E-state index in [2.05, 4.69) is 16.6 Å². The van der Waals surface area contributed by atoms with Crippen molar-refractivity contribution >= 4 is 29.2 Å². The number of esters is 1. The zero-order valence-corrected chi connectivity index (χ0v) is 14.9. The number of rotatable bonds is 8. The fourth-order valence-electron chi connectivity index (χ4n) is 2.22. The van der Waals surface area contributed by atoms with E-state index in [0.29, 0.717) is 22.8 Å². The lowest BCUT2D eigenvalue weighted by molar-refractivity contribution is -0.123. The maximum Gasteiger partial charge on any atom is 0.340 e. The molecule has 26 heavy (non-hydrogen) atoms. The van der Waals surface area contributed by atoms with E-state index in [0.717, 1.165) is 12.0 Å². The van der Waals surface area contributed by atoms with E-state index in [1.54, 1.807) is 18.2 Å². The van der Waals surface area contributed by atoms with Crippen LogP contribution < -0.4 is 10.6 Å². The molecule has 2 aromatic rings. The number of amides is 1. The van der Waals surface area contributed by atoms with Crippen LogP contribution in [-0.2, 0) is 16.0 Å². The molecule has 2 N–H and O–H groups in total. The molecule has 0 heterocycles. The lowest BCUT2D eigenvalue weighted by Gasteiger charge is -2.12. The van der Waals surface area contributed by atoms with Crippen LogP contribution >= 0.6 is 11.6 Å². The van der Waals surface area contributed by atoms with Gasteiger partial charge in [-0.25, -0.2) is 4.79 Å². The molecule has 2 rings (SSSR count). The quantitative estimate of drug-likeness (QED) is 0.554. The first kappa shape index (κ1) is 19.4. The number of halogens is 1. The van der Waals surface area contributed by atoms with Gasteiger partial charge in [-0.1, -0.05) is 41.8 Å². The highest BCUT2D eigenvalue weighted by atomic mass is 35.5. The van der Waals surface area contributed by atoms with Crippen molar-refractivity contribution in [2.45, 2.75) is 6.42 Å². The smallest absolute Gasteiger partial charge is 0.340 e. The molecule has 1 amide bonds. The van der Waals surface area contributed by atoms with Crippen LogP contribution in [0.5, 0.6) is 0 Å². The van der Waals surface area contributed by atoms with Crippen molar-refractivity contribution in [2.75, 3.05) is 25.0 Å². The molecular formula is C20H19ClN2O3. The number of carbonyl (C=O) groups excluding carboxylic acids is 2. The van der Waals surface area contributed by atoms with Gasteiger partial charge in [-0.05, 0) is 36.2 Å². The Kier molecular flexibility index (Phi) is 7.53. The van der Waals surface area contributed by atoms with Gasteiger partial charge in [0.25, 0.3) is 5.91 Å². The van der Waals surface area contributed by atoms with Gasteiger partial charge in [0.15, 0.2) is 6.61 Å². The van der Waals surface area contributed by atoms with Crippen LogP contribution in [0, 0.1) is 12.3 Å². The highest BCUT2D eigenvalue weighted by Crippen LogP contribution is 2.17. The van der Waals surface area contributed by atoms with Gasteiger partial charge in [-0.3, -0.25) is 4.79 Å². The Morgan fingerprint density at radius 2 is 1.85 bits per heavy atom. The van der Waals surface area contributed by atoms with Crippen molar-refractivity contribution in [2.24, 2.45) is 0 Å². The molecule has 6 heteroatoms. The van der Waals surface area contributed by atoms with Crippen LogP contribution in [0.25, 0.3) is 0 Å². The average Bonchev–Trinajstić information content (AvgIpc) is 2.66. The Labute approximate surface area is 157 Å². The third kappa shape index (κ3) is 6.15. The summed E-state index contributed by atoms with van der Waals surface area (Å²) < 4.78 is 5.03. The van der Waals surface area contributed by atoms with E-state index in [9.17, 15) is 9.59 Å². The molecule has 0 bridgehead atoms. The van der Waals surface area contributed by atoms with E-state index >= 15 is 0 Å². The molecule has 134 valence electrons.